The van der Waals surface area contributed by atoms with Gasteiger partial charge in [-0.2, -0.15) is 0 Å². The third-order valence-electron chi connectivity index (χ3n) is 1.91. The van der Waals surface area contributed by atoms with E-state index in [4.69, 9.17) is 23.1 Å². The van der Waals surface area contributed by atoms with Crippen LogP contribution in [0.3, 0.4) is 0 Å². The molecule has 0 atom stereocenters. The first-order valence-electron chi connectivity index (χ1n) is 4.81. The van der Waals surface area contributed by atoms with Gasteiger partial charge in [0, 0.05) is 11.8 Å². The first-order chi connectivity index (χ1) is 8.40. The minimum Gasteiger partial charge on any atom is -0.399 e. The zero-order chi connectivity index (χ0) is 13.7. The van der Waals surface area contributed by atoms with Crippen LogP contribution in [0.25, 0.3) is 0 Å². The van der Waals surface area contributed by atoms with Crippen molar-refractivity contribution in [1.29, 1.82) is 0 Å². The molecule has 0 bridgehead atoms. The summed E-state index contributed by atoms with van der Waals surface area (Å²) in [5.41, 5.74) is 10.8. The fraction of sp³-hybridized carbons (Fsp3) is 0. The minimum atomic E-state index is -0.713. The lowest BCUT2D eigenvalue weighted by atomic mass is 10.3. The van der Waals surface area contributed by atoms with Gasteiger partial charge in [0.05, 0.1) is 10.7 Å². The number of hydrogen-bond acceptors (Lipinski definition) is 2. The van der Waals surface area contributed by atoms with Crippen molar-refractivity contribution in [3.8, 4) is 0 Å². The summed E-state index contributed by atoms with van der Waals surface area (Å²) in [5.74, 6) is -1.76. The van der Waals surface area contributed by atoms with E-state index < -0.39 is 17.5 Å². The van der Waals surface area contributed by atoms with E-state index >= 15 is 0 Å². The second-order valence-corrected chi connectivity index (χ2v) is 3.75. The van der Waals surface area contributed by atoms with Crippen LogP contribution < -0.4 is 11.5 Å². The summed E-state index contributed by atoms with van der Waals surface area (Å²) in [4.78, 5) is 0. The number of rotatable bonds is 0. The van der Waals surface area contributed by atoms with Crippen LogP contribution in [0.15, 0.2) is 36.4 Å². The normalized spacial score (nSPS) is 9.56. The summed E-state index contributed by atoms with van der Waals surface area (Å²) < 4.78 is 36.6. The first kappa shape index (κ1) is 14.2. The second-order valence-electron chi connectivity index (χ2n) is 3.34. The highest BCUT2D eigenvalue weighted by molar-refractivity contribution is 6.31. The third-order valence-corrected chi connectivity index (χ3v) is 2.20. The summed E-state index contributed by atoms with van der Waals surface area (Å²) in [6.07, 6.45) is 0. The zero-order valence-corrected chi connectivity index (χ0v) is 9.89. The van der Waals surface area contributed by atoms with Gasteiger partial charge < -0.3 is 11.5 Å². The summed E-state index contributed by atoms with van der Waals surface area (Å²) >= 11 is 5.36. The van der Waals surface area contributed by atoms with Crippen molar-refractivity contribution in [2.45, 2.75) is 0 Å². The van der Waals surface area contributed by atoms with Crippen LogP contribution >= 0.6 is 11.6 Å². The quantitative estimate of drug-likeness (QED) is 0.721. The molecule has 0 radical (unpaired) electrons. The highest BCUT2D eigenvalue weighted by atomic mass is 35.5. The molecule has 0 fully saturated rings. The van der Waals surface area contributed by atoms with Gasteiger partial charge >= 0.3 is 0 Å². The molecule has 6 heteroatoms. The lowest BCUT2D eigenvalue weighted by Crippen LogP contribution is -1.89. The van der Waals surface area contributed by atoms with Crippen molar-refractivity contribution >= 4 is 23.0 Å². The number of halogens is 4. The van der Waals surface area contributed by atoms with Crippen LogP contribution in [0.2, 0.25) is 5.02 Å². The molecule has 0 aliphatic carbocycles. The van der Waals surface area contributed by atoms with Crippen molar-refractivity contribution < 1.29 is 13.2 Å². The predicted molar refractivity (Wildman–Crippen MR) is 66.6 cm³/mol. The zero-order valence-electron chi connectivity index (χ0n) is 9.13. The maximum Gasteiger partial charge on any atom is 0.148 e. The van der Waals surface area contributed by atoms with Crippen molar-refractivity contribution in [3.05, 3.63) is 58.9 Å². The van der Waals surface area contributed by atoms with Crippen LogP contribution in [0.5, 0.6) is 0 Å². The molecule has 2 aromatic rings. The van der Waals surface area contributed by atoms with Gasteiger partial charge in [0.2, 0.25) is 0 Å². The number of anilines is 2. The van der Waals surface area contributed by atoms with Crippen LogP contribution in [-0.2, 0) is 0 Å². The van der Waals surface area contributed by atoms with Gasteiger partial charge in [-0.15, -0.1) is 0 Å². The first-order valence-corrected chi connectivity index (χ1v) is 5.19. The van der Waals surface area contributed by atoms with Gasteiger partial charge in [0.25, 0.3) is 0 Å². The SMILES string of the molecule is Nc1ccc(F)c(Cl)c1.Nc1ccc(F)cc1F. The largest absolute Gasteiger partial charge is 0.399 e. The molecule has 2 aromatic carbocycles. The molecular weight excluding hydrogens is 265 g/mol. The van der Waals surface area contributed by atoms with Crippen molar-refractivity contribution in [2.24, 2.45) is 0 Å². The monoisotopic (exact) mass is 274 g/mol. The van der Waals surface area contributed by atoms with Crippen LogP contribution in [0.4, 0.5) is 24.5 Å². The predicted octanol–water partition coefficient (Wildman–Crippen LogP) is 3.61. The summed E-state index contributed by atoms with van der Waals surface area (Å²) in [6.45, 7) is 0. The number of nitrogen functional groups attached to an aromatic ring is 2. The molecule has 0 aromatic heterocycles. The van der Waals surface area contributed by atoms with Gasteiger partial charge in [-0.3, -0.25) is 0 Å². The van der Waals surface area contributed by atoms with Gasteiger partial charge in [-0.05, 0) is 30.3 Å². The number of hydrogen-bond donors (Lipinski definition) is 2. The van der Waals surface area contributed by atoms with Crippen molar-refractivity contribution in [3.63, 3.8) is 0 Å². The molecule has 0 saturated carbocycles. The van der Waals surface area contributed by atoms with E-state index in [2.05, 4.69) is 0 Å². The average Bonchev–Trinajstić information content (AvgIpc) is 2.30. The van der Waals surface area contributed by atoms with Crippen molar-refractivity contribution in [2.75, 3.05) is 11.5 Å². The molecule has 0 unspecified atom stereocenters. The molecule has 0 aliphatic rings. The number of nitrogens with two attached hydrogens (primary N) is 2. The molecule has 0 aliphatic heterocycles. The van der Waals surface area contributed by atoms with E-state index in [-0.39, 0.29) is 10.7 Å². The van der Waals surface area contributed by atoms with Crippen LogP contribution in [0, 0.1) is 17.5 Å². The Morgan fingerprint density at radius 3 is 1.94 bits per heavy atom. The highest BCUT2D eigenvalue weighted by Gasteiger charge is 1.97. The van der Waals surface area contributed by atoms with E-state index in [1.165, 1.54) is 24.3 Å². The van der Waals surface area contributed by atoms with Crippen LogP contribution in [-0.4, -0.2) is 0 Å². The molecule has 2 nitrogen and oxygen atoms in total. The second kappa shape index (κ2) is 6.16. The standard InChI is InChI=1S/C6H5ClFN.C6H5F2N/c7-5-3-4(9)1-2-6(5)8;7-4-1-2-6(9)5(8)3-4/h2*1-3H,9H2. The van der Waals surface area contributed by atoms with Crippen molar-refractivity contribution in [1.82, 2.24) is 0 Å². The Hall–Kier alpha value is -1.88. The molecule has 0 spiro atoms. The highest BCUT2D eigenvalue weighted by Crippen LogP contribution is 2.16. The molecular formula is C12H10ClF3N2. The minimum absolute atomic E-state index is 0.0311. The van der Waals surface area contributed by atoms with Crippen LogP contribution in [0.1, 0.15) is 0 Å². The van der Waals surface area contributed by atoms with Gasteiger partial charge in [-0.25, -0.2) is 13.2 Å². The fourth-order valence-corrected chi connectivity index (χ4v) is 1.20. The lowest BCUT2D eigenvalue weighted by molar-refractivity contribution is 0.586. The fourth-order valence-electron chi connectivity index (χ4n) is 1.01. The number of benzene rings is 2. The summed E-state index contributed by atoms with van der Waals surface area (Å²) in [5, 5.41) is 0.0648. The maximum absolute atomic E-state index is 12.3. The topological polar surface area (TPSA) is 52.0 Å². The smallest absolute Gasteiger partial charge is 0.148 e. The molecule has 0 saturated heterocycles. The molecule has 0 heterocycles. The lowest BCUT2D eigenvalue weighted by Gasteiger charge is -1.93. The average molecular weight is 275 g/mol. The Labute approximate surface area is 107 Å². The summed E-state index contributed by atoms with van der Waals surface area (Å²) in [6, 6.07) is 7.11. The van der Waals surface area contributed by atoms with Gasteiger partial charge in [0.15, 0.2) is 0 Å². The molecule has 96 valence electrons. The maximum atomic E-state index is 12.3. The Bertz CT molecular complexity index is 497. The van der Waals surface area contributed by atoms with E-state index in [1.807, 2.05) is 0 Å². The Morgan fingerprint density at radius 1 is 0.833 bits per heavy atom. The Balaban J connectivity index is 0.000000180. The van der Waals surface area contributed by atoms with Gasteiger partial charge in [-0.1, -0.05) is 11.6 Å². The van der Waals surface area contributed by atoms with E-state index in [0.29, 0.717) is 5.69 Å². The summed E-state index contributed by atoms with van der Waals surface area (Å²) in [7, 11) is 0. The van der Waals surface area contributed by atoms with Gasteiger partial charge in [0.1, 0.15) is 17.5 Å². The molecule has 0 amide bonds. The van der Waals surface area contributed by atoms with E-state index in [1.54, 1.807) is 0 Å². The molecule has 4 N–H and O–H groups in total. The molecule has 2 rings (SSSR count). The third kappa shape index (κ3) is 4.18. The van der Waals surface area contributed by atoms with E-state index in [9.17, 15) is 13.2 Å². The molecule has 18 heavy (non-hydrogen) atoms. The Kier molecular flexibility index (Phi) is 4.85. The van der Waals surface area contributed by atoms with E-state index in [0.717, 1.165) is 12.1 Å². The Morgan fingerprint density at radius 2 is 1.50 bits per heavy atom.